The van der Waals surface area contributed by atoms with Crippen molar-refractivity contribution in [3.63, 3.8) is 0 Å². The van der Waals surface area contributed by atoms with E-state index in [1.54, 1.807) is 0 Å². The summed E-state index contributed by atoms with van der Waals surface area (Å²) in [5, 5.41) is 11.9. The van der Waals surface area contributed by atoms with E-state index in [1.165, 1.54) is 17.0 Å². The number of carbonyl (C=O) groups excluding carboxylic acids is 1. The highest BCUT2D eigenvalue weighted by Gasteiger charge is 2.32. The summed E-state index contributed by atoms with van der Waals surface area (Å²) in [6.45, 7) is 2.28. The summed E-state index contributed by atoms with van der Waals surface area (Å²) in [5.74, 6) is 0.158. The summed E-state index contributed by atoms with van der Waals surface area (Å²) in [6.07, 6.45) is -2.72. The molecule has 7 heteroatoms. The Kier molecular flexibility index (Phi) is 4.95. The molecule has 1 fully saturated rings. The highest BCUT2D eigenvalue weighted by atomic mass is 19.4. The number of hydrogen-bond acceptors (Lipinski definition) is 2. The maximum absolute atomic E-state index is 12.7. The van der Waals surface area contributed by atoms with E-state index in [4.69, 9.17) is 0 Å². The van der Waals surface area contributed by atoms with Gasteiger partial charge in [0, 0.05) is 12.2 Å². The number of likely N-dealkylation sites (tertiary alicyclic amines) is 1. The highest BCUT2D eigenvalue weighted by molar-refractivity contribution is 5.89. The Bertz CT molecular complexity index is 534. The quantitative estimate of drug-likeness (QED) is 0.879. The molecule has 22 heavy (non-hydrogen) atoms. The molecule has 2 N–H and O–H groups in total. The second kappa shape index (κ2) is 6.56. The van der Waals surface area contributed by atoms with Crippen molar-refractivity contribution >= 4 is 11.7 Å². The number of nitrogens with one attached hydrogen (secondary N) is 1. The Morgan fingerprint density at radius 1 is 1.45 bits per heavy atom. The van der Waals surface area contributed by atoms with Crippen LogP contribution in [0.2, 0.25) is 0 Å². The van der Waals surface area contributed by atoms with Gasteiger partial charge in [-0.25, -0.2) is 4.79 Å². The zero-order valence-corrected chi connectivity index (χ0v) is 12.2. The molecule has 1 aliphatic heterocycles. The lowest BCUT2D eigenvalue weighted by atomic mass is 9.91. The van der Waals surface area contributed by atoms with E-state index in [0.29, 0.717) is 6.54 Å². The van der Waals surface area contributed by atoms with Crippen LogP contribution >= 0.6 is 0 Å². The Hall–Kier alpha value is -1.76. The Balaban J connectivity index is 2.11. The van der Waals surface area contributed by atoms with Crippen LogP contribution in [0, 0.1) is 5.92 Å². The topological polar surface area (TPSA) is 52.6 Å². The van der Waals surface area contributed by atoms with Gasteiger partial charge in [0.2, 0.25) is 0 Å². The van der Waals surface area contributed by atoms with Crippen LogP contribution in [0.1, 0.15) is 25.3 Å². The smallest absolute Gasteiger partial charge is 0.394 e. The number of nitrogens with zero attached hydrogens (tertiary/aromatic N) is 1. The Morgan fingerprint density at radius 3 is 2.82 bits per heavy atom. The summed E-state index contributed by atoms with van der Waals surface area (Å²) in [7, 11) is 0. The van der Waals surface area contributed by atoms with E-state index in [1.807, 2.05) is 6.92 Å². The summed E-state index contributed by atoms with van der Waals surface area (Å²) in [4.78, 5) is 13.8. The number of benzene rings is 1. The van der Waals surface area contributed by atoms with Gasteiger partial charge in [-0.15, -0.1) is 0 Å². The van der Waals surface area contributed by atoms with Crippen molar-refractivity contribution in [1.29, 1.82) is 0 Å². The van der Waals surface area contributed by atoms with Gasteiger partial charge in [0.25, 0.3) is 0 Å². The summed E-state index contributed by atoms with van der Waals surface area (Å²) < 4.78 is 38.0. The van der Waals surface area contributed by atoms with Gasteiger partial charge >= 0.3 is 12.2 Å². The molecule has 1 aliphatic rings. The second-order valence-electron chi connectivity index (χ2n) is 5.57. The van der Waals surface area contributed by atoms with Gasteiger partial charge in [0.15, 0.2) is 0 Å². The van der Waals surface area contributed by atoms with Gasteiger partial charge < -0.3 is 15.3 Å². The maximum Gasteiger partial charge on any atom is 0.416 e. The van der Waals surface area contributed by atoms with Crippen molar-refractivity contribution in [3.05, 3.63) is 29.8 Å². The first-order valence-electron chi connectivity index (χ1n) is 7.18. The van der Waals surface area contributed by atoms with Crippen LogP contribution in [-0.4, -0.2) is 35.2 Å². The van der Waals surface area contributed by atoms with Crippen molar-refractivity contribution in [2.45, 2.75) is 32.0 Å². The number of rotatable bonds is 2. The molecular weight excluding hydrogens is 297 g/mol. The molecule has 0 aromatic heterocycles. The molecule has 0 bridgehead atoms. The molecular formula is C15H19F3N2O2. The number of hydrogen-bond donors (Lipinski definition) is 2. The lowest BCUT2D eigenvalue weighted by molar-refractivity contribution is -0.137. The number of alkyl halides is 3. The number of aliphatic hydroxyl groups is 1. The molecule has 1 aromatic rings. The molecule has 0 spiro atoms. The molecule has 0 saturated carbocycles. The largest absolute Gasteiger partial charge is 0.416 e. The van der Waals surface area contributed by atoms with Crippen LogP contribution in [0.25, 0.3) is 0 Å². The fourth-order valence-electron chi connectivity index (χ4n) is 2.75. The van der Waals surface area contributed by atoms with Crippen molar-refractivity contribution in [2.24, 2.45) is 5.92 Å². The average molecular weight is 316 g/mol. The maximum atomic E-state index is 12.7. The summed E-state index contributed by atoms with van der Waals surface area (Å²) in [6, 6.07) is 3.73. The van der Waals surface area contributed by atoms with Gasteiger partial charge in [0.05, 0.1) is 18.2 Å². The molecule has 2 atom stereocenters. The van der Waals surface area contributed by atoms with E-state index in [0.717, 1.165) is 25.0 Å². The first-order valence-corrected chi connectivity index (χ1v) is 7.18. The molecule has 1 heterocycles. The minimum Gasteiger partial charge on any atom is -0.394 e. The van der Waals surface area contributed by atoms with Gasteiger partial charge in [-0.1, -0.05) is 13.0 Å². The minimum atomic E-state index is -4.45. The van der Waals surface area contributed by atoms with Crippen LogP contribution in [0.15, 0.2) is 24.3 Å². The average Bonchev–Trinajstić information content (AvgIpc) is 2.46. The first kappa shape index (κ1) is 16.6. The molecule has 2 amide bonds. The number of urea groups is 1. The Labute approximate surface area is 126 Å². The van der Waals surface area contributed by atoms with Crippen LogP contribution in [0.4, 0.5) is 23.7 Å². The third-order valence-corrected chi connectivity index (χ3v) is 4.00. The van der Waals surface area contributed by atoms with E-state index >= 15 is 0 Å². The Morgan fingerprint density at radius 2 is 2.18 bits per heavy atom. The van der Waals surface area contributed by atoms with Gasteiger partial charge in [-0.3, -0.25) is 0 Å². The van der Waals surface area contributed by atoms with Crippen LogP contribution < -0.4 is 5.32 Å². The lowest BCUT2D eigenvalue weighted by Gasteiger charge is -2.38. The van der Waals surface area contributed by atoms with E-state index < -0.39 is 17.8 Å². The first-order chi connectivity index (χ1) is 10.3. The van der Waals surface area contributed by atoms with Crippen LogP contribution in [0.3, 0.4) is 0 Å². The predicted octanol–water partition coefficient (Wildman–Crippen LogP) is 3.33. The zero-order valence-electron chi connectivity index (χ0n) is 12.2. The second-order valence-corrected chi connectivity index (χ2v) is 5.57. The number of anilines is 1. The number of piperidine rings is 1. The minimum absolute atomic E-state index is 0.0924. The molecule has 1 saturated heterocycles. The standard InChI is InChI=1S/C15H19F3N2O2/c1-10-4-3-7-20(13(10)9-21)14(22)19-12-6-2-5-11(8-12)15(16,17)18/h2,5-6,8,10,13,21H,3-4,7,9H2,1H3,(H,19,22)/t10-,13-/m1/s1. The molecule has 0 radical (unpaired) electrons. The molecule has 4 nitrogen and oxygen atoms in total. The van der Waals surface area contributed by atoms with Crippen molar-refractivity contribution in [3.8, 4) is 0 Å². The fraction of sp³-hybridized carbons (Fsp3) is 0.533. The molecule has 122 valence electrons. The fourth-order valence-corrected chi connectivity index (χ4v) is 2.75. The SMILES string of the molecule is C[C@@H]1CCCN(C(=O)Nc2cccc(C(F)(F)F)c2)[C@@H]1CO. The third-order valence-electron chi connectivity index (χ3n) is 4.00. The number of halogens is 3. The van der Waals surface area contributed by atoms with Crippen molar-refractivity contribution in [1.82, 2.24) is 4.90 Å². The normalized spacial score (nSPS) is 22.5. The number of aliphatic hydroxyl groups excluding tert-OH is 1. The zero-order chi connectivity index (χ0) is 16.3. The van der Waals surface area contributed by atoms with Crippen molar-refractivity contribution in [2.75, 3.05) is 18.5 Å². The van der Waals surface area contributed by atoms with E-state index in [9.17, 15) is 23.1 Å². The van der Waals surface area contributed by atoms with Crippen LogP contribution in [-0.2, 0) is 6.18 Å². The monoisotopic (exact) mass is 316 g/mol. The molecule has 0 aliphatic carbocycles. The summed E-state index contributed by atoms with van der Waals surface area (Å²) >= 11 is 0. The molecule has 2 rings (SSSR count). The molecule has 1 aromatic carbocycles. The van der Waals surface area contributed by atoms with E-state index in [-0.39, 0.29) is 24.3 Å². The van der Waals surface area contributed by atoms with Gasteiger partial charge in [-0.2, -0.15) is 13.2 Å². The predicted molar refractivity (Wildman–Crippen MR) is 76.4 cm³/mol. The van der Waals surface area contributed by atoms with Crippen molar-refractivity contribution < 1.29 is 23.1 Å². The van der Waals surface area contributed by atoms with Gasteiger partial charge in [0.1, 0.15) is 0 Å². The molecule has 0 unspecified atom stereocenters. The highest BCUT2D eigenvalue weighted by Crippen LogP contribution is 2.31. The number of amides is 2. The number of carbonyl (C=O) groups is 1. The summed E-state index contributed by atoms with van der Waals surface area (Å²) in [5.41, 5.74) is -0.717. The van der Waals surface area contributed by atoms with Crippen LogP contribution in [0.5, 0.6) is 0 Å². The van der Waals surface area contributed by atoms with E-state index in [2.05, 4.69) is 5.32 Å². The van der Waals surface area contributed by atoms with Gasteiger partial charge in [-0.05, 0) is 37.0 Å². The third kappa shape index (κ3) is 3.71. The lowest BCUT2D eigenvalue weighted by Crippen LogP contribution is -2.51.